The Balaban J connectivity index is 0.00000225. The number of nitrogens with zero attached hydrogens (tertiary/aromatic N) is 1. The van der Waals surface area contributed by atoms with Crippen molar-refractivity contribution in [2.45, 2.75) is 39.0 Å². The number of benzene rings is 1. The molecule has 0 radical (unpaired) electrons. The summed E-state index contributed by atoms with van der Waals surface area (Å²) in [6, 6.07) is 11.1. The van der Waals surface area contributed by atoms with Gasteiger partial charge in [-0.05, 0) is 68.0 Å². The maximum atomic E-state index is 12.0. The number of carbonyl (C=O) groups is 1. The van der Waals surface area contributed by atoms with Crippen LogP contribution in [0.1, 0.15) is 46.2 Å². The Labute approximate surface area is 177 Å². The van der Waals surface area contributed by atoms with Crippen LogP contribution in [0.5, 0.6) is 0 Å². The summed E-state index contributed by atoms with van der Waals surface area (Å²) < 4.78 is 5.16. The third-order valence-electron chi connectivity index (χ3n) is 5.61. The fraction of sp³-hybridized carbons (Fsp3) is 0.435. The average Bonchev–Trinajstić information content (AvgIpc) is 2.98. The molecule has 0 N–H and O–H groups in total. The molecule has 0 saturated carbocycles. The third-order valence-corrected chi connectivity index (χ3v) is 6.80. The normalized spacial score (nSPS) is 16.6. The Morgan fingerprint density at radius 2 is 1.82 bits per heavy atom. The molecule has 1 aromatic carbocycles. The highest BCUT2D eigenvalue weighted by Crippen LogP contribution is 2.42. The first-order valence-electron chi connectivity index (χ1n) is 9.92. The highest BCUT2D eigenvalue weighted by molar-refractivity contribution is 7.13. The zero-order valence-electron chi connectivity index (χ0n) is 16.6. The fourth-order valence-electron chi connectivity index (χ4n) is 4.19. The van der Waals surface area contributed by atoms with Crippen molar-refractivity contribution in [1.82, 2.24) is 4.90 Å². The molecule has 5 heteroatoms. The number of fused-ring (bicyclic) bond motifs is 2. The Kier molecular flexibility index (Phi) is 6.97. The minimum atomic E-state index is -0.122. The van der Waals surface area contributed by atoms with Gasteiger partial charge in [0.25, 0.3) is 0 Å². The number of thiophene rings is 1. The number of carbonyl (C=O) groups excluding carboxylic acids is 1. The number of hydrogen-bond donors (Lipinski definition) is 0. The summed E-state index contributed by atoms with van der Waals surface area (Å²) in [6.07, 6.45) is 4.76. The maximum absolute atomic E-state index is 12.0. The van der Waals surface area contributed by atoms with Crippen LogP contribution in [0.25, 0.3) is 5.57 Å². The molecule has 2 aromatic rings. The maximum Gasteiger partial charge on any atom is 0.311 e. The van der Waals surface area contributed by atoms with Gasteiger partial charge in [-0.25, -0.2) is 0 Å². The van der Waals surface area contributed by atoms with Gasteiger partial charge in [-0.1, -0.05) is 29.8 Å². The Bertz CT molecular complexity index is 876. The number of rotatable bonds is 3. The first-order chi connectivity index (χ1) is 13.2. The van der Waals surface area contributed by atoms with Crippen molar-refractivity contribution in [1.29, 1.82) is 0 Å². The van der Waals surface area contributed by atoms with Crippen LogP contribution in [0.15, 0.2) is 35.9 Å². The van der Waals surface area contributed by atoms with Gasteiger partial charge >= 0.3 is 5.97 Å². The van der Waals surface area contributed by atoms with Crippen molar-refractivity contribution in [3.8, 4) is 0 Å². The lowest BCUT2D eigenvalue weighted by Crippen LogP contribution is -2.26. The Hall–Kier alpha value is -1.62. The summed E-state index contributed by atoms with van der Waals surface area (Å²) in [5, 5.41) is 0. The van der Waals surface area contributed by atoms with Crippen LogP contribution < -0.4 is 0 Å². The van der Waals surface area contributed by atoms with Crippen LogP contribution >= 0.6 is 23.7 Å². The van der Waals surface area contributed by atoms with Gasteiger partial charge in [-0.2, -0.15) is 0 Å². The van der Waals surface area contributed by atoms with Gasteiger partial charge in [0.2, 0.25) is 0 Å². The van der Waals surface area contributed by atoms with E-state index in [0.29, 0.717) is 13.0 Å². The molecule has 1 saturated heterocycles. The van der Waals surface area contributed by atoms with Crippen LogP contribution in [0, 0.1) is 0 Å². The van der Waals surface area contributed by atoms with Gasteiger partial charge in [-0.15, -0.1) is 23.7 Å². The quantitative estimate of drug-likeness (QED) is 0.665. The summed E-state index contributed by atoms with van der Waals surface area (Å²) in [5.41, 5.74) is 7.28. The van der Waals surface area contributed by atoms with E-state index in [0.717, 1.165) is 43.6 Å². The average molecular weight is 418 g/mol. The topological polar surface area (TPSA) is 29.5 Å². The summed E-state index contributed by atoms with van der Waals surface area (Å²) in [5.74, 6) is -0.122. The molecule has 1 aliphatic carbocycles. The predicted octanol–water partition coefficient (Wildman–Crippen LogP) is 4.90. The molecule has 150 valence electrons. The van der Waals surface area contributed by atoms with Crippen LogP contribution in [0.2, 0.25) is 0 Å². The zero-order chi connectivity index (χ0) is 18.8. The van der Waals surface area contributed by atoms with Crippen LogP contribution in [-0.2, 0) is 28.8 Å². The molecule has 3 nitrogen and oxygen atoms in total. The molecule has 4 rings (SSSR count). The minimum Gasteiger partial charge on any atom is -0.466 e. The van der Waals surface area contributed by atoms with Crippen molar-refractivity contribution in [3.05, 3.63) is 62.3 Å². The smallest absolute Gasteiger partial charge is 0.311 e. The van der Waals surface area contributed by atoms with Crippen molar-refractivity contribution in [2.24, 2.45) is 0 Å². The van der Waals surface area contributed by atoms with E-state index in [1.807, 2.05) is 6.92 Å². The SMILES string of the molecule is CCOC(=O)Cc1cc2c(s1)C(=C1CCN(C)CC1)c1ccccc1CC2.Cl. The summed E-state index contributed by atoms with van der Waals surface area (Å²) >= 11 is 1.80. The third kappa shape index (κ3) is 4.35. The highest BCUT2D eigenvalue weighted by atomic mass is 35.5. The van der Waals surface area contributed by atoms with E-state index in [9.17, 15) is 4.79 Å². The molecule has 1 aliphatic heterocycles. The lowest BCUT2D eigenvalue weighted by molar-refractivity contribution is -0.142. The number of esters is 1. The number of aryl methyl sites for hydroxylation is 2. The first-order valence-corrected chi connectivity index (χ1v) is 10.7. The molecule has 1 aromatic heterocycles. The lowest BCUT2D eigenvalue weighted by atomic mass is 9.90. The van der Waals surface area contributed by atoms with Gasteiger partial charge < -0.3 is 9.64 Å². The van der Waals surface area contributed by atoms with Crippen molar-refractivity contribution in [3.63, 3.8) is 0 Å². The Morgan fingerprint density at radius 3 is 2.57 bits per heavy atom. The van der Waals surface area contributed by atoms with Crippen molar-refractivity contribution in [2.75, 3.05) is 26.7 Å². The van der Waals surface area contributed by atoms with E-state index in [1.165, 1.54) is 27.1 Å². The molecule has 0 unspecified atom stereocenters. The molecule has 0 atom stereocenters. The summed E-state index contributed by atoms with van der Waals surface area (Å²) in [7, 11) is 2.20. The minimum absolute atomic E-state index is 0. The zero-order valence-corrected chi connectivity index (χ0v) is 18.3. The highest BCUT2D eigenvalue weighted by Gasteiger charge is 2.25. The van der Waals surface area contributed by atoms with Crippen LogP contribution in [0.4, 0.5) is 0 Å². The second-order valence-corrected chi connectivity index (χ2v) is 8.62. The Morgan fingerprint density at radius 1 is 1.11 bits per heavy atom. The van der Waals surface area contributed by atoms with E-state index in [1.54, 1.807) is 16.9 Å². The van der Waals surface area contributed by atoms with E-state index in [-0.39, 0.29) is 18.4 Å². The molecule has 2 aliphatic rings. The summed E-state index contributed by atoms with van der Waals surface area (Å²) in [4.78, 5) is 16.9. The van der Waals surface area contributed by atoms with Crippen molar-refractivity contribution < 1.29 is 9.53 Å². The van der Waals surface area contributed by atoms with Gasteiger partial charge in [0.1, 0.15) is 0 Å². The number of likely N-dealkylation sites (tertiary alicyclic amines) is 1. The molecule has 1 fully saturated rings. The van der Waals surface area contributed by atoms with Gasteiger partial charge in [0.15, 0.2) is 0 Å². The molecule has 0 spiro atoms. The van der Waals surface area contributed by atoms with Crippen LogP contribution in [0.3, 0.4) is 0 Å². The molecule has 28 heavy (non-hydrogen) atoms. The lowest BCUT2D eigenvalue weighted by Gasteiger charge is -2.27. The van der Waals surface area contributed by atoms with Crippen LogP contribution in [-0.4, -0.2) is 37.6 Å². The van der Waals surface area contributed by atoms with E-state index in [2.05, 4.69) is 42.3 Å². The largest absolute Gasteiger partial charge is 0.466 e. The molecular formula is C23H28ClNO2S. The van der Waals surface area contributed by atoms with Gasteiger partial charge in [0, 0.05) is 22.8 Å². The standard InChI is InChI=1S/C23H27NO2S.ClH/c1-3-26-21(25)15-19-14-18-9-8-16-6-4-5-7-20(16)22(23(18)27-19)17-10-12-24(2)13-11-17;/h4-7,14H,3,8-13,15H2,1-2H3;1H. The van der Waals surface area contributed by atoms with Crippen molar-refractivity contribution >= 4 is 35.3 Å². The number of ether oxygens (including phenoxy) is 1. The summed E-state index contributed by atoms with van der Waals surface area (Å²) in [6.45, 7) is 4.55. The molecular weight excluding hydrogens is 390 g/mol. The monoisotopic (exact) mass is 417 g/mol. The molecule has 2 heterocycles. The second kappa shape index (κ2) is 9.25. The second-order valence-electron chi connectivity index (χ2n) is 7.49. The fourth-order valence-corrected chi connectivity index (χ4v) is 5.49. The van der Waals surface area contributed by atoms with Gasteiger partial charge in [0.05, 0.1) is 13.0 Å². The molecule has 0 amide bonds. The first kappa shape index (κ1) is 21.1. The number of hydrogen-bond acceptors (Lipinski definition) is 4. The van der Waals surface area contributed by atoms with E-state index < -0.39 is 0 Å². The number of piperidine rings is 1. The van der Waals surface area contributed by atoms with Gasteiger partial charge in [-0.3, -0.25) is 4.79 Å². The molecule has 0 bridgehead atoms. The van der Waals surface area contributed by atoms with E-state index in [4.69, 9.17) is 4.74 Å². The predicted molar refractivity (Wildman–Crippen MR) is 119 cm³/mol. The van der Waals surface area contributed by atoms with E-state index >= 15 is 0 Å². The number of halogens is 1.